The number of hydrogen-bond acceptors (Lipinski definition) is 2. The normalized spacial score (nSPS) is 13.6. The lowest BCUT2D eigenvalue weighted by Crippen LogP contribution is -2.23. The van der Waals surface area contributed by atoms with Gasteiger partial charge >= 0.3 is 0 Å². The summed E-state index contributed by atoms with van der Waals surface area (Å²) in [6.45, 7) is 4.96. The summed E-state index contributed by atoms with van der Waals surface area (Å²) in [5, 5.41) is 0. The highest BCUT2D eigenvalue weighted by molar-refractivity contribution is 7.85. The van der Waals surface area contributed by atoms with E-state index in [4.69, 9.17) is 5.73 Å². The molecule has 1 aromatic rings. The average Bonchev–Trinajstić information content (AvgIpc) is 2.35. The Morgan fingerprint density at radius 2 is 1.83 bits per heavy atom. The quantitative estimate of drug-likeness (QED) is 0.774. The van der Waals surface area contributed by atoms with Crippen LogP contribution in [0.5, 0.6) is 0 Å². The Morgan fingerprint density at radius 1 is 1.22 bits per heavy atom. The van der Waals surface area contributed by atoms with Crippen molar-refractivity contribution in [1.82, 2.24) is 0 Å². The standard InChI is InChI=1S/C14H22FNOS/c1-14(2,11-16)9-3-4-10-18(17)13-7-5-12(15)6-8-13/h5-8H,3-4,9-11,16H2,1-2H3. The molecule has 1 unspecified atom stereocenters. The van der Waals surface area contributed by atoms with E-state index >= 15 is 0 Å². The van der Waals surface area contributed by atoms with E-state index in [0.29, 0.717) is 17.2 Å². The van der Waals surface area contributed by atoms with Gasteiger partial charge in [-0.25, -0.2) is 4.39 Å². The van der Waals surface area contributed by atoms with E-state index in [0.717, 1.165) is 19.3 Å². The van der Waals surface area contributed by atoms with Crippen LogP contribution in [0.25, 0.3) is 0 Å². The first-order valence-corrected chi connectivity index (χ1v) is 7.60. The minimum Gasteiger partial charge on any atom is -0.330 e. The summed E-state index contributed by atoms with van der Waals surface area (Å²) in [6.07, 6.45) is 2.98. The van der Waals surface area contributed by atoms with Crippen LogP contribution in [-0.2, 0) is 10.8 Å². The van der Waals surface area contributed by atoms with E-state index in [2.05, 4.69) is 13.8 Å². The molecule has 0 saturated heterocycles. The van der Waals surface area contributed by atoms with Crippen molar-refractivity contribution >= 4 is 10.8 Å². The van der Waals surface area contributed by atoms with Crippen LogP contribution >= 0.6 is 0 Å². The summed E-state index contributed by atoms with van der Waals surface area (Å²) in [5.41, 5.74) is 5.82. The fraction of sp³-hybridized carbons (Fsp3) is 0.571. The van der Waals surface area contributed by atoms with E-state index in [1.807, 2.05) is 0 Å². The molecule has 0 amide bonds. The SMILES string of the molecule is CC(C)(CN)CCCCS(=O)c1ccc(F)cc1. The van der Waals surface area contributed by atoms with Gasteiger partial charge in [-0.2, -0.15) is 0 Å². The first-order valence-electron chi connectivity index (χ1n) is 6.29. The minimum atomic E-state index is -1.02. The Labute approximate surface area is 111 Å². The van der Waals surface area contributed by atoms with E-state index in [9.17, 15) is 8.60 Å². The molecule has 1 aromatic carbocycles. The van der Waals surface area contributed by atoms with E-state index in [-0.39, 0.29) is 11.2 Å². The van der Waals surface area contributed by atoms with E-state index < -0.39 is 10.8 Å². The third kappa shape index (κ3) is 5.27. The third-order valence-corrected chi connectivity index (χ3v) is 4.52. The zero-order valence-electron chi connectivity index (χ0n) is 11.1. The molecule has 0 spiro atoms. The summed E-state index contributed by atoms with van der Waals surface area (Å²) in [5.74, 6) is 0.340. The topological polar surface area (TPSA) is 43.1 Å². The predicted octanol–water partition coefficient (Wildman–Crippen LogP) is 3.09. The molecular weight excluding hydrogens is 249 g/mol. The molecule has 1 atom stereocenters. The Bertz CT molecular complexity index is 389. The van der Waals surface area contributed by atoms with E-state index in [1.54, 1.807) is 12.1 Å². The summed E-state index contributed by atoms with van der Waals surface area (Å²) in [6, 6.07) is 5.89. The van der Waals surface area contributed by atoms with Gasteiger partial charge in [-0.05, 0) is 49.1 Å². The summed E-state index contributed by atoms with van der Waals surface area (Å²) >= 11 is 0. The maximum Gasteiger partial charge on any atom is 0.123 e. The van der Waals surface area contributed by atoms with Crippen molar-refractivity contribution in [2.75, 3.05) is 12.3 Å². The molecule has 102 valence electrons. The van der Waals surface area contributed by atoms with Gasteiger partial charge in [0.05, 0.1) is 10.8 Å². The van der Waals surface area contributed by atoms with Crippen molar-refractivity contribution in [3.8, 4) is 0 Å². The molecule has 0 saturated carbocycles. The number of benzene rings is 1. The number of unbranched alkanes of at least 4 members (excludes halogenated alkanes) is 1. The maximum atomic E-state index is 12.7. The van der Waals surface area contributed by atoms with Crippen molar-refractivity contribution in [3.05, 3.63) is 30.1 Å². The molecule has 0 fully saturated rings. The fourth-order valence-corrected chi connectivity index (χ4v) is 2.78. The van der Waals surface area contributed by atoms with Crippen LogP contribution in [0, 0.1) is 11.2 Å². The number of rotatable bonds is 7. The van der Waals surface area contributed by atoms with Crippen molar-refractivity contribution in [1.29, 1.82) is 0 Å². The van der Waals surface area contributed by atoms with Crippen molar-refractivity contribution in [3.63, 3.8) is 0 Å². The van der Waals surface area contributed by atoms with Crippen LogP contribution in [0.1, 0.15) is 33.1 Å². The fourth-order valence-electron chi connectivity index (χ4n) is 1.64. The van der Waals surface area contributed by atoms with Crippen LogP contribution in [0.2, 0.25) is 0 Å². The molecule has 0 bridgehead atoms. The van der Waals surface area contributed by atoms with Gasteiger partial charge in [-0.1, -0.05) is 20.3 Å². The smallest absolute Gasteiger partial charge is 0.123 e. The van der Waals surface area contributed by atoms with E-state index in [1.165, 1.54) is 12.1 Å². The molecule has 0 aromatic heterocycles. The van der Waals surface area contributed by atoms with Gasteiger partial charge in [0.2, 0.25) is 0 Å². The second kappa shape index (κ2) is 7.00. The highest BCUT2D eigenvalue weighted by atomic mass is 32.2. The summed E-state index contributed by atoms with van der Waals surface area (Å²) in [4.78, 5) is 0.703. The lowest BCUT2D eigenvalue weighted by atomic mass is 9.88. The lowest BCUT2D eigenvalue weighted by Gasteiger charge is -2.21. The second-order valence-electron chi connectivity index (χ2n) is 5.33. The zero-order valence-corrected chi connectivity index (χ0v) is 11.9. The second-order valence-corrected chi connectivity index (χ2v) is 6.90. The van der Waals surface area contributed by atoms with Gasteiger partial charge in [-0.3, -0.25) is 4.21 Å². The Kier molecular flexibility index (Phi) is 5.96. The Hall–Kier alpha value is -0.740. The highest BCUT2D eigenvalue weighted by Crippen LogP contribution is 2.21. The molecule has 0 aliphatic carbocycles. The van der Waals surface area contributed by atoms with Crippen LogP contribution in [0.4, 0.5) is 4.39 Å². The van der Waals surface area contributed by atoms with Crippen molar-refractivity contribution in [2.45, 2.75) is 38.0 Å². The van der Waals surface area contributed by atoms with Gasteiger partial charge in [0.25, 0.3) is 0 Å². The molecule has 2 nitrogen and oxygen atoms in total. The molecular formula is C14H22FNOS. The Balaban J connectivity index is 2.32. The molecule has 0 aliphatic heterocycles. The molecule has 2 N–H and O–H groups in total. The lowest BCUT2D eigenvalue weighted by molar-refractivity contribution is 0.336. The van der Waals surface area contributed by atoms with Crippen LogP contribution in [0.3, 0.4) is 0 Å². The summed E-state index contributed by atoms with van der Waals surface area (Å²) in [7, 11) is -1.02. The number of halogens is 1. The van der Waals surface area contributed by atoms with Gasteiger partial charge in [0.1, 0.15) is 5.82 Å². The molecule has 0 heterocycles. The van der Waals surface area contributed by atoms with Crippen LogP contribution < -0.4 is 5.73 Å². The van der Waals surface area contributed by atoms with Crippen molar-refractivity contribution in [2.24, 2.45) is 11.1 Å². The molecule has 18 heavy (non-hydrogen) atoms. The minimum absolute atomic E-state index is 0.164. The maximum absolute atomic E-state index is 12.7. The average molecular weight is 271 g/mol. The molecule has 0 aliphatic rings. The largest absolute Gasteiger partial charge is 0.330 e. The van der Waals surface area contributed by atoms with Crippen LogP contribution in [-0.4, -0.2) is 16.5 Å². The number of nitrogens with two attached hydrogens (primary N) is 1. The number of hydrogen-bond donors (Lipinski definition) is 1. The monoisotopic (exact) mass is 271 g/mol. The van der Waals surface area contributed by atoms with Crippen molar-refractivity contribution < 1.29 is 8.60 Å². The van der Waals surface area contributed by atoms with Gasteiger partial charge in [0, 0.05) is 10.6 Å². The van der Waals surface area contributed by atoms with Gasteiger partial charge < -0.3 is 5.73 Å². The Morgan fingerprint density at radius 3 is 2.39 bits per heavy atom. The molecule has 1 rings (SSSR count). The van der Waals surface area contributed by atoms with Gasteiger partial charge in [-0.15, -0.1) is 0 Å². The molecule has 0 radical (unpaired) electrons. The molecule has 4 heteroatoms. The predicted molar refractivity (Wildman–Crippen MR) is 74.4 cm³/mol. The van der Waals surface area contributed by atoms with Crippen LogP contribution in [0.15, 0.2) is 29.2 Å². The first-order chi connectivity index (χ1) is 8.44. The highest BCUT2D eigenvalue weighted by Gasteiger charge is 2.14. The first kappa shape index (κ1) is 15.3. The zero-order chi connectivity index (χ0) is 13.6. The van der Waals surface area contributed by atoms with Gasteiger partial charge in [0.15, 0.2) is 0 Å². The summed E-state index contributed by atoms with van der Waals surface area (Å²) < 4.78 is 24.6. The third-order valence-electron chi connectivity index (χ3n) is 3.06.